The molecule has 0 spiro atoms. The van der Waals surface area contributed by atoms with Crippen LogP contribution in [0.4, 0.5) is 0 Å². The third kappa shape index (κ3) is 3.98. The summed E-state index contributed by atoms with van der Waals surface area (Å²) in [6.07, 6.45) is 2.12. The summed E-state index contributed by atoms with van der Waals surface area (Å²) in [4.78, 5) is 15.2. The number of amides is 1. The fraction of sp³-hybridized carbons (Fsp3) is 0.524. The number of piperidine rings is 1. The highest BCUT2D eigenvalue weighted by Crippen LogP contribution is 2.34. The van der Waals surface area contributed by atoms with Crippen molar-refractivity contribution in [1.29, 1.82) is 0 Å². The number of ether oxygens (including phenoxy) is 1. The molecule has 0 N–H and O–H groups in total. The van der Waals surface area contributed by atoms with Gasteiger partial charge in [-0.25, -0.2) is 0 Å². The average molecular weight is 355 g/mol. The fourth-order valence-electron chi connectivity index (χ4n) is 3.83. The highest BCUT2D eigenvalue weighted by molar-refractivity contribution is 5.93. The van der Waals surface area contributed by atoms with E-state index in [-0.39, 0.29) is 11.3 Å². The van der Waals surface area contributed by atoms with E-state index in [2.05, 4.69) is 36.3 Å². The van der Waals surface area contributed by atoms with Crippen LogP contribution in [0.2, 0.25) is 0 Å². The first-order valence-corrected chi connectivity index (χ1v) is 9.50. The van der Waals surface area contributed by atoms with E-state index in [1.807, 2.05) is 30.9 Å². The van der Waals surface area contributed by atoms with Crippen LogP contribution in [0.25, 0.3) is 0 Å². The quantitative estimate of drug-likeness (QED) is 0.746. The van der Waals surface area contributed by atoms with E-state index < -0.39 is 0 Å². The molecule has 1 unspecified atom stereocenters. The number of rotatable bonds is 6. The Bertz CT molecular complexity index is 741. The SMILES string of the molecule is CCOCCn1nc(C)cc1C(=O)N1CCCC(C)(c2ccccc2)C1. The molecule has 0 aliphatic carbocycles. The van der Waals surface area contributed by atoms with Crippen molar-refractivity contribution in [2.24, 2.45) is 0 Å². The Morgan fingerprint density at radius 3 is 2.81 bits per heavy atom. The van der Waals surface area contributed by atoms with E-state index >= 15 is 0 Å². The first-order valence-electron chi connectivity index (χ1n) is 9.50. The molecule has 5 nitrogen and oxygen atoms in total. The third-order valence-corrected chi connectivity index (χ3v) is 5.23. The molecule has 1 aliphatic rings. The normalized spacial score (nSPS) is 20.3. The molecular weight excluding hydrogens is 326 g/mol. The van der Waals surface area contributed by atoms with Gasteiger partial charge in [-0.05, 0) is 38.3 Å². The zero-order chi connectivity index (χ0) is 18.6. The van der Waals surface area contributed by atoms with Gasteiger partial charge in [0.05, 0.1) is 18.8 Å². The monoisotopic (exact) mass is 355 g/mol. The van der Waals surface area contributed by atoms with Gasteiger partial charge in [0.1, 0.15) is 5.69 Å². The Kier molecular flexibility index (Phi) is 5.77. The predicted molar refractivity (Wildman–Crippen MR) is 102 cm³/mol. The maximum atomic E-state index is 13.2. The second-order valence-electron chi connectivity index (χ2n) is 7.35. The molecule has 1 atom stereocenters. The molecular formula is C21H29N3O2. The van der Waals surface area contributed by atoms with Crippen molar-refractivity contribution in [1.82, 2.24) is 14.7 Å². The van der Waals surface area contributed by atoms with Crippen molar-refractivity contribution in [2.45, 2.75) is 45.6 Å². The minimum Gasteiger partial charge on any atom is -0.380 e. The molecule has 0 bridgehead atoms. The van der Waals surface area contributed by atoms with Gasteiger partial charge in [-0.1, -0.05) is 37.3 Å². The molecule has 1 aliphatic heterocycles. The molecule has 1 amide bonds. The summed E-state index contributed by atoms with van der Waals surface area (Å²) in [7, 11) is 0. The van der Waals surface area contributed by atoms with Gasteiger partial charge in [0.15, 0.2) is 0 Å². The first kappa shape index (κ1) is 18.6. The maximum Gasteiger partial charge on any atom is 0.272 e. The molecule has 140 valence electrons. The van der Waals surface area contributed by atoms with Crippen LogP contribution in [-0.2, 0) is 16.7 Å². The van der Waals surface area contributed by atoms with Gasteiger partial charge in [0, 0.05) is 25.1 Å². The van der Waals surface area contributed by atoms with Gasteiger partial charge in [0.25, 0.3) is 5.91 Å². The van der Waals surface area contributed by atoms with E-state index in [1.54, 1.807) is 4.68 Å². The molecule has 26 heavy (non-hydrogen) atoms. The number of aryl methyl sites for hydroxylation is 1. The Morgan fingerprint density at radius 1 is 1.31 bits per heavy atom. The molecule has 2 aromatic rings. The lowest BCUT2D eigenvalue weighted by Crippen LogP contribution is -2.47. The average Bonchev–Trinajstić information content (AvgIpc) is 3.03. The Labute approximate surface area is 156 Å². The van der Waals surface area contributed by atoms with E-state index in [0.29, 0.717) is 25.5 Å². The molecule has 0 radical (unpaired) electrons. The summed E-state index contributed by atoms with van der Waals surface area (Å²) < 4.78 is 7.23. The molecule has 2 heterocycles. The zero-order valence-corrected chi connectivity index (χ0v) is 16.1. The van der Waals surface area contributed by atoms with Crippen molar-refractivity contribution in [2.75, 3.05) is 26.3 Å². The molecule has 0 saturated carbocycles. The predicted octanol–water partition coefficient (Wildman–Crippen LogP) is 3.42. The lowest BCUT2D eigenvalue weighted by atomic mass is 9.76. The van der Waals surface area contributed by atoms with Crippen molar-refractivity contribution in [3.8, 4) is 0 Å². The van der Waals surface area contributed by atoms with Gasteiger partial charge in [0.2, 0.25) is 0 Å². The van der Waals surface area contributed by atoms with Crippen molar-refractivity contribution >= 4 is 5.91 Å². The van der Waals surface area contributed by atoms with E-state index in [1.165, 1.54) is 5.56 Å². The van der Waals surface area contributed by atoms with Gasteiger partial charge in [-0.3, -0.25) is 9.48 Å². The molecule has 1 aromatic carbocycles. The number of hydrogen-bond acceptors (Lipinski definition) is 3. The van der Waals surface area contributed by atoms with Gasteiger partial charge in [-0.15, -0.1) is 0 Å². The lowest BCUT2D eigenvalue weighted by Gasteiger charge is -2.41. The standard InChI is InChI=1S/C21H29N3O2/c1-4-26-14-13-24-19(15-17(2)22-24)20(25)23-12-8-11-21(3,16-23)18-9-6-5-7-10-18/h5-7,9-10,15H,4,8,11-14,16H2,1-3H3. The second-order valence-corrected chi connectivity index (χ2v) is 7.35. The van der Waals surface area contributed by atoms with Crippen LogP contribution in [0, 0.1) is 6.92 Å². The van der Waals surface area contributed by atoms with E-state index in [0.717, 1.165) is 31.6 Å². The van der Waals surface area contributed by atoms with Gasteiger partial charge < -0.3 is 9.64 Å². The number of hydrogen-bond donors (Lipinski definition) is 0. The molecule has 1 saturated heterocycles. The summed E-state index contributed by atoms with van der Waals surface area (Å²) in [5.74, 6) is 0.0731. The Hall–Kier alpha value is -2.14. The summed E-state index contributed by atoms with van der Waals surface area (Å²) in [5, 5.41) is 4.48. The largest absolute Gasteiger partial charge is 0.380 e. The summed E-state index contributed by atoms with van der Waals surface area (Å²) in [6, 6.07) is 12.4. The van der Waals surface area contributed by atoms with E-state index in [4.69, 9.17) is 4.74 Å². The minimum atomic E-state index is 0.000385. The Balaban J connectivity index is 1.78. The van der Waals surface area contributed by atoms with E-state index in [9.17, 15) is 4.79 Å². The molecule has 3 rings (SSSR count). The van der Waals surface area contributed by atoms with Crippen molar-refractivity contribution in [3.63, 3.8) is 0 Å². The molecule has 1 aromatic heterocycles. The highest BCUT2D eigenvalue weighted by Gasteiger charge is 2.35. The first-order chi connectivity index (χ1) is 12.5. The van der Waals surface area contributed by atoms with Gasteiger partial charge >= 0.3 is 0 Å². The van der Waals surface area contributed by atoms with Crippen LogP contribution >= 0.6 is 0 Å². The smallest absolute Gasteiger partial charge is 0.272 e. The van der Waals surface area contributed by atoms with Crippen LogP contribution in [0.1, 0.15) is 48.4 Å². The Morgan fingerprint density at radius 2 is 2.08 bits per heavy atom. The molecule has 1 fully saturated rings. The van der Waals surface area contributed by atoms with Gasteiger partial charge in [-0.2, -0.15) is 5.10 Å². The number of aromatic nitrogens is 2. The lowest BCUT2D eigenvalue weighted by molar-refractivity contribution is 0.0633. The summed E-state index contributed by atoms with van der Waals surface area (Å²) >= 11 is 0. The highest BCUT2D eigenvalue weighted by atomic mass is 16.5. The fourth-order valence-corrected chi connectivity index (χ4v) is 3.83. The van der Waals surface area contributed by atoms with Crippen LogP contribution in [-0.4, -0.2) is 46.9 Å². The topological polar surface area (TPSA) is 47.4 Å². The van der Waals surface area contributed by atoms with Crippen LogP contribution in [0.15, 0.2) is 36.4 Å². The maximum absolute atomic E-state index is 13.2. The minimum absolute atomic E-state index is 0.000385. The number of benzene rings is 1. The van der Waals surface area contributed by atoms with Crippen LogP contribution in [0.3, 0.4) is 0 Å². The zero-order valence-electron chi connectivity index (χ0n) is 16.1. The second kappa shape index (κ2) is 8.04. The number of carbonyl (C=O) groups is 1. The number of carbonyl (C=O) groups excluding carboxylic acids is 1. The summed E-state index contributed by atoms with van der Waals surface area (Å²) in [6.45, 7) is 9.55. The number of likely N-dealkylation sites (tertiary alicyclic amines) is 1. The van der Waals surface area contributed by atoms with Crippen molar-refractivity contribution < 1.29 is 9.53 Å². The van der Waals surface area contributed by atoms with Crippen LogP contribution in [0.5, 0.6) is 0 Å². The van der Waals surface area contributed by atoms with Crippen molar-refractivity contribution in [3.05, 3.63) is 53.3 Å². The summed E-state index contributed by atoms with van der Waals surface area (Å²) in [5.41, 5.74) is 2.84. The number of nitrogens with zero attached hydrogens (tertiary/aromatic N) is 3. The third-order valence-electron chi connectivity index (χ3n) is 5.23. The molecule has 5 heteroatoms. The van der Waals surface area contributed by atoms with Crippen LogP contribution < -0.4 is 0 Å².